The van der Waals surface area contributed by atoms with Crippen LogP contribution < -0.4 is 10.3 Å². The number of hydrogen-bond donors (Lipinski definition) is 1. The zero-order valence-electron chi connectivity index (χ0n) is 14.5. The smallest absolute Gasteiger partial charge is 0.277 e. The molecule has 24 heavy (non-hydrogen) atoms. The number of nitrogens with zero attached hydrogens (tertiary/aromatic N) is 3. The summed E-state index contributed by atoms with van der Waals surface area (Å²) in [5.74, 6) is 1.23. The van der Waals surface area contributed by atoms with Crippen LogP contribution in [-0.2, 0) is 13.5 Å². The Kier molecular flexibility index (Phi) is 4.38. The summed E-state index contributed by atoms with van der Waals surface area (Å²) in [5, 5.41) is 4.45. The molecule has 0 saturated carbocycles. The summed E-state index contributed by atoms with van der Waals surface area (Å²) < 4.78 is 7.31. The van der Waals surface area contributed by atoms with E-state index >= 15 is 0 Å². The number of hydrogen-bond acceptors (Lipinski definition) is 4. The average Bonchev–Trinajstić information content (AvgIpc) is 2.86. The lowest BCUT2D eigenvalue weighted by atomic mass is 10.1. The number of aromatic nitrogens is 4. The minimum Gasteiger partial charge on any atom is -0.493 e. The fraction of sp³-hybridized carbons (Fsp3) is 0.389. The molecular weight excluding hydrogens is 304 g/mol. The molecule has 1 N–H and O–H groups in total. The Morgan fingerprint density at radius 2 is 2.08 bits per heavy atom. The Morgan fingerprint density at radius 1 is 1.29 bits per heavy atom. The quantitative estimate of drug-likeness (QED) is 0.782. The van der Waals surface area contributed by atoms with Crippen molar-refractivity contribution in [1.82, 2.24) is 19.7 Å². The molecule has 6 nitrogen and oxygen atoms in total. The Morgan fingerprint density at radius 3 is 2.79 bits per heavy atom. The van der Waals surface area contributed by atoms with Crippen molar-refractivity contribution in [2.75, 3.05) is 6.61 Å². The van der Waals surface area contributed by atoms with Crippen LogP contribution in [0.3, 0.4) is 0 Å². The van der Waals surface area contributed by atoms with Crippen molar-refractivity contribution in [2.45, 2.75) is 33.6 Å². The summed E-state index contributed by atoms with van der Waals surface area (Å²) in [5.41, 5.74) is 3.72. The first-order valence-corrected chi connectivity index (χ1v) is 8.24. The maximum absolute atomic E-state index is 12.6. The highest BCUT2D eigenvalue weighted by Crippen LogP contribution is 2.29. The van der Waals surface area contributed by atoms with Crippen LogP contribution in [0.1, 0.15) is 31.5 Å². The minimum absolute atomic E-state index is 0.184. The molecule has 0 saturated heterocycles. The SMILES string of the molecule is CCCc1nn(C)c2c(=O)[nH]c(-c3cc(C)ccc3OCC)nc12. The Bertz CT molecular complexity index is 940. The molecule has 126 valence electrons. The van der Waals surface area contributed by atoms with Crippen molar-refractivity contribution < 1.29 is 4.74 Å². The fourth-order valence-corrected chi connectivity index (χ4v) is 2.89. The number of fused-ring (bicyclic) bond motifs is 1. The number of benzene rings is 1. The van der Waals surface area contributed by atoms with Gasteiger partial charge in [-0.2, -0.15) is 5.10 Å². The van der Waals surface area contributed by atoms with Gasteiger partial charge in [-0.1, -0.05) is 25.0 Å². The molecule has 0 radical (unpaired) electrons. The van der Waals surface area contributed by atoms with Crippen molar-refractivity contribution in [3.05, 3.63) is 39.8 Å². The minimum atomic E-state index is -0.184. The van der Waals surface area contributed by atoms with Gasteiger partial charge in [0.05, 0.1) is 17.9 Å². The van der Waals surface area contributed by atoms with Crippen molar-refractivity contribution in [3.8, 4) is 17.1 Å². The van der Waals surface area contributed by atoms with Gasteiger partial charge in [-0.05, 0) is 32.4 Å². The fourth-order valence-electron chi connectivity index (χ4n) is 2.89. The topological polar surface area (TPSA) is 72.8 Å². The molecule has 0 aliphatic rings. The van der Waals surface area contributed by atoms with Crippen LogP contribution >= 0.6 is 0 Å². The molecule has 0 amide bonds. The molecule has 3 rings (SSSR count). The third-order valence-electron chi connectivity index (χ3n) is 3.94. The molecule has 0 unspecified atom stereocenters. The lowest BCUT2D eigenvalue weighted by Crippen LogP contribution is -2.12. The monoisotopic (exact) mass is 326 g/mol. The Labute approximate surface area is 140 Å². The normalized spacial score (nSPS) is 11.2. The van der Waals surface area contributed by atoms with Gasteiger partial charge in [0, 0.05) is 7.05 Å². The molecule has 2 heterocycles. The summed E-state index contributed by atoms with van der Waals surface area (Å²) in [6.45, 7) is 6.57. The first-order chi connectivity index (χ1) is 11.5. The molecule has 3 aromatic rings. The first kappa shape index (κ1) is 16.2. The summed E-state index contributed by atoms with van der Waals surface area (Å²) >= 11 is 0. The lowest BCUT2D eigenvalue weighted by molar-refractivity contribution is 0.341. The van der Waals surface area contributed by atoms with Gasteiger partial charge in [-0.25, -0.2) is 4.98 Å². The van der Waals surface area contributed by atoms with Crippen LogP contribution in [0.5, 0.6) is 5.75 Å². The molecule has 0 bridgehead atoms. The summed E-state index contributed by atoms with van der Waals surface area (Å²) in [4.78, 5) is 20.2. The summed E-state index contributed by atoms with van der Waals surface area (Å²) in [6.07, 6.45) is 1.74. The molecule has 2 aromatic heterocycles. The maximum atomic E-state index is 12.6. The second-order valence-corrected chi connectivity index (χ2v) is 5.86. The zero-order chi connectivity index (χ0) is 17.3. The van der Waals surface area contributed by atoms with E-state index in [0.29, 0.717) is 29.2 Å². The maximum Gasteiger partial charge on any atom is 0.277 e. The van der Waals surface area contributed by atoms with E-state index in [2.05, 4.69) is 17.0 Å². The largest absolute Gasteiger partial charge is 0.493 e. The predicted octanol–water partition coefficient (Wildman–Crippen LogP) is 2.98. The third-order valence-corrected chi connectivity index (χ3v) is 3.94. The second kappa shape index (κ2) is 6.47. The first-order valence-electron chi connectivity index (χ1n) is 8.24. The van der Waals surface area contributed by atoms with E-state index in [-0.39, 0.29) is 5.56 Å². The van der Waals surface area contributed by atoms with E-state index in [1.807, 2.05) is 32.0 Å². The van der Waals surface area contributed by atoms with Crippen LogP contribution in [0.15, 0.2) is 23.0 Å². The molecule has 0 aliphatic heterocycles. The highest BCUT2D eigenvalue weighted by Gasteiger charge is 2.17. The van der Waals surface area contributed by atoms with Gasteiger partial charge >= 0.3 is 0 Å². The molecule has 0 aliphatic carbocycles. The molecule has 0 spiro atoms. The van der Waals surface area contributed by atoms with E-state index < -0.39 is 0 Å². The molecule has 6 heteroatoms. The molecule has 1 aromatic carbocycles. The van der Waals surface area contributed by atoms with Crippen molar-refractivity contribution >= 4 is 11.0 Å². The Balaban J connectivity index is 2.26. The molecule has 0 fully saturated rings. The Hall–Kier alpha value is -2.63. The van der Waals surface area contributed by atoms with E-state index in [9.17, 15) is 4.79 Å². The number of H-pyrrole nitrogens is 1. The molecular formula is C18H22N4O2. The highest BCUT2D eigenvalue weighted by molar-refractivity contribution is 5.79. The van der Waals surface area contributed by atoms with E-state index in [4.69, 9.17) is 9.72 Å². The van der Waals surface area contributed by atoms with Gasteiger partial charge in [0.1, 0.15) is 17.1 Å². The number of rotatable bonds is 5. The lowest BCUT2D eigenvalue weighted by Gasteiger charge is -2.10. The van der Waals surface area contributed by atoms with Gasteiger partial charge in [0.2, 0.25) is 0 Å². The number of nitrogens with one attached hydrogen (secondary N) is 1. The van der Waals surface area contributed by atoms with Gasteiger partial charge in [-0.15, -0.1) is 0 Å². The molecule has 0 atom stereocenters. The number of aromatic amines is 1. The average molecular weight is 326 g/mol. The van der Waals surface area contributed by atoms with E-state index in [0.717, 1.165) is 29.7 Å². The van der Waals surface area contributed by atoms with Crippen LogP contribution in [0.2, 0.25) is 0 Å². The van der Waals surface area contributed by atoms with Crippen LogP contribution in [-0.4, -0.2) is 26.4 Å². The number of ether oxygens (including phenoxy) is 1. The van der Waals surface area contributed by atoms with Crippen LogP contribution in [0.4, 0.5) is 0 Å². The van der Waals surface area contributed by atoms with E-state index in [1.54, 1.807) is 11.7 Å². The number of aryl methyl sites for hydroxylation is 3. The van der Waals surface area contributed by atoms with Gasteiger partial charge in [0.15, 0.2) is 5.52 Å². The van der Waals surface area contributed by atoms with Gasteiger partial charge < -0.3 is 9.72 Å². The standard InChI is InChI=1S/C18H22N4O2/c1-5-7-13-15-16(22(4)21-13)18(23)20-17(19-15)12-10-11(3)8-9-14(12)24-6-2/h8-10H,5-7H2,1-4H3,(H,19,20,23). The highest BCUT2D eigenvalue weighted by atomic mass is 16.5. The van der Waals surface area contributed by atoms with Crippen molar-refractivity contribution in [2.24, 2.45) is 7.05 Å². The summed E-state index contributed by atoms with van der Waals surface area (Å²) in [7, 11) is 1.77. The van der Waals surface area contributed by atoms with Crippen molar-refractivity contribution in [3.63, 3.8) is 0 Å². The van der Waals surface area contributed by atoms with Crippen LogP contribution in [0.25, 0.3) is 22.4 Å². The van der Waals surface area contributed by atoms with Gasteiger partial charge in [0.25, 0.3) is 5.56 Å². The zero-order valence-corrected chi connectivity index (χ0v) is 14.5. The van der Waals surface area contributed by atoms with E-state index in [1.165, 1.54) is 0 Å². The predicted molar refractivity (Wildman–Crippen MR) is 94.5 cm³/mol. The third kappa shape index (κ3) is 2.79. The summed E-state index contributed by atoms with van der Waals surface area (Å²) in [6, 6.07) is 5.87. The second-order valence-electron chi connectivity index (χ2n) is 5.86. The van der Waals surface area contributed by atoms with Crippen LogP contribution in [0, 0.1) is 6.92 Å². The van der Waals surface area contributed by atoms with Crippen molar-refractivity contribution in [1.29, 1.82) is 0 Å². The van der Waals surface area contributed by atoms with Gasteiger partial charge in [-0.3, -0.25) is 9.48 Å².